The second kappa shape index (κ2) is 8.18. The molecular weight excluding hydrogens is 374 g/mol. The van der Waals surface area contributed by atoms with Crippen LogP contribution >= 0.6 is 11.3 Å². The number of thiazole rings is 1. The summed E-state index contributed by atoms with van der Waals surface area (Å²) in [7, 11) is 0. The SMILES string of the molecule is CCc1ccc(OCc2cn(CC(=O)Nc3nc4ccccc4s3)nn2)cc1. The van der Waals surface area contributed by atoms with Gasteiger partial charge >= 0.3 is 0 Å². The van der Waals surface area contributed by atoms with Crippen LogP contribution in [-0.4, -0.2) is 25.9 Å². The summed E-state index contributed by atoms with van der Waals surface area (Å²) in [6.07, 6.45) is 2.70. The molecule has 1 N–H and O–H groups in total. The number of hydrogen-bond acceptors (Lipinski definition) is 6. The predicted molar refractivity (Wildman–Crippen MR) is 108 cm³/mol. The highest BCUT2D eigenvalue weighted by atomic mass is 32.1. The van der Waals surface area contributed by atoms with E-state index in [-0.39, 0.29) is 12.5 Å². The number of ether oxygens (including phenoxy) is 1. The molecule has 0 bridgehead atoms. The van der Waals surface area contributed by atoms with E-state index in [1.54, 1.807) is 6.20 Å². The van der Waals surface area contributed by atoms with Gasteiger partial charge in [-0.2, -0.15) is 0 Å². The molecule has 2 heterocycles. The zero-order valence-electron chi connectivity index (χ0n) is 15.3. The molecule has 0 atom stereocenters. The van der Waals surface area contributed by atoms with Crippen molar-refractivity contribution in [1.29, 1.82) is 0 Å². The zero-order chi connectivity index (χ0) is 19.3. The Balaban J connectivity index is 1.31. The number of rotatable bonds is 7. The van der Waals surface area contributed by atoms with Gasteiger partial charge in [-0.15, -0.1) is 5.10 Å². The number of amides is 1. The second-order valence-corrected chi connectivity index (χ2v) is 7.26. The van der Waals surface area contributed by atoms with Gasteiger partial charge in [0.1, 0.15) is 24.6 Å². The van der Waals surface area contributed by atoms with Gasteiger partial charge in [-0.05, 0) is 36.2 Å². The summed E-state index contributed by atoms with van der Waals surface area (Å²) in [6.45, 7) is 2.47. The van der Waals surface area contributed by atoms with Crippen molar-refractivity contribution in [2.75, 3.05) is 5.32 Å². The fraction of sp³-hybridized carbons (Fsp3) is 0.200. The Hall–Kier alpha value is -3.26. The summed E-state index contributed by atoms with van der Waals surface area (Å²) in [5.41, 5.74) is 2.79. The molecule has 0 saturated heterocycles. The fourth-order valence-electron chi connectivity index (χ4n) is 2.69. The van der Waals surface area contributed by atoms with E-state index in [1.165, 1.54) is 21.6 Å². The molecule has 0 aliphatic heterocycles. The summed E-state index contributed by atoms with van der Waals surface area (Å²) in [6, 6.07) is 15.7. The van der Waals surface area contributed by atoms with Crippen molar-refractivity contribution in [2.45, 2.75) is 26.5 Å². The lowest BCUT2D eigenvalue weighted by Gasteiger charge is -2.04. The number of benzene rings is 2. The minimum atomic E-state index is -0.202. The summed E-state index contributed by atoms with van der Waals surface area (Å²) in [4.78, 5) is 16.6. The Morgan fingerprint density at radius 3 is 2.79 bits per heavy atom. The van der Waals surface area contributed by atoms with Gasteiger partial charge in [-0.1, -0.05) is 47.7 Å². The molecule has 4 aromatic rings. The lowest BCUT2D eigenvalue weighted by atomic mass is 10.2. The van der Waals surface area contributed by atoms with Crippen molar-refractivity contribution in [1.82, 2.24) is 20.0 Å². The number of nitrogens with one attached hydrogen (secondary N) is 1. The molecule has 0 spiro atoms. The van der Waals surface area contributed by atoms with Crippen LogP contribution in [0.15, 0.2) is 54.7 Å². The predicted octanol–water partition coefficient (Wildman–Crippen LogP) is 3.67. The van der Waals surface area contributed by atoms with Gasteiger partial charge in [0.25, 0.3) is 0 Å². The second-order valence-electron chi connectivity index (χ2n) is 6.23. The monoisotopic (exact) mass is 393 g/mol. The number of hydrogen-bond donors (Lipinski definition) is 1. The topological polar surface area (TPSA) is 81.9 Å². The smallest absolute Gasteiger partial charge is 0.247 e. The van der Waals surface area contributed by atoms with Gasteiger partial charge in [-0.3, -0.25) is 4.79 Å². The molecule has 1 amide bonds. The lowest BCUT2D eigenvalue weighted by Crippen LogP contribution is -2.19. The number of fused-ring (bicyclic) bond motifs is 1. The van der Waals surface area contributed by atoms with E-state index >= 15 is 0 Å². The van der Waals surface area contributed by atoms with Gasteiger partial charge in [-0.25, -0.2) is 9.67 Å². The van der Waals surface area contributed by atoms with Crippen molar-refractivity contribution < 1.29 is 9.53 Å². The molecule has 7 nitrogen and oxygen atoms in total. The van der Waals surface area contributed by atoms with Crippen molar-refractivity contribution in [3.63, 3.8) is 0 Å². The summed E-state index contributed by atoms with van der Waals surface area (Å²) in [5, 5.41) is 11.4. The Bertz CT molecular complexity index is 1050. The molecule has 0 aliphatic rings. The van der Waals surface area contributed by atoms with E-state index in [0.717, 1.165) is 22.4 Å². The van der Waals surface area contributed by atoms with Crippen LogP contribution in [0.3, 0.4) is 0 Å². The summed E-state index contributed by atoms with van der Waals surface area (Å²) < 4.78 is 8.23. The van der Waals surface area contributed by atoms with Crippen LogP contribution in [0.4, 0.5) is 5.13 Å². The third-order valence-electron chi connectivity index (χ3n) is 4.15. The van der Waals surface area contributed by atoms with Crippen molar-refractivity contribution >= 4 is 32.6 Å². The molecule has 0 fully saturated rings. The van der Waals surface area contributed by atoms with Gasteiger partial charge < -0.3 is 10.1 Å². The maximum Gasteiger partial charge on any atom is 0.247 e. The van der Waals surface area contributed by atoms with Crippen molar-refractivity contribution in [2.24, 2.45) is 0 Å². The average Bonchev–Trinajstić information content (AvgIpc) is 3.32. The average molecular weight is 393 g/mol. The molecule has 8 heteroatoms. The Morgan fingerprint density at radius 2 is 2.00 bits per heavy atom. The highest BCUT2D eigenvalue weighted by Gasteiger charge is 2.10. The number of anilines is 1. The molecular formula is C20H19N5O2S. The summed E-state index contributed by atoms with van der Waals surface area (Å²) >= 11 is 1.44. The number of nitrogens with zero attached hydrogens (tertiary/aromatic N) is 4. The van der Waals surface area contributed by atoms with Crippen LogP contribution < -0.4 is 10.1 Å². The Morgan fingerprint density at radius 1 is 1.18 bits per heavy atom. The maximum absolute atomic E-state index is 12.2. The van der Waals surface area contributed by atoms with E-state index in [2.05, 4.69) is 27.5 Å². The van der Waals surface area contributed by atoms with E-state index in [1.807, 2.05) is 48.5 Å². The minimum absolute atomic E-state index is 0.0636. The zero-order valence-corrected chi connectivity index (χ0v) is 16.1. The molecule has 0 unspecified atom stereocenters. The number of para-hydroxylation sites is 1. The molecule has 0 radical (unpaired) electrons. The first-order valence-electron chi connectivity index (χ1n) is 8.96. The van der Waals surface area contributed by atoms with E-state index in [0.29, 0.717) is 17.4 Å². The van der Waals surface area contributed by atoms with Crippen LogP contribution in [-0.2, 0) is 24.4 Å². The minimum Gasteiger partial charge on any atom is -0.487 e. The van der Waals surface area contributed by atoms with Crippen molar-refractivity contribution in [3.8, 4) is 5.75 Å². The van der Waals surface area contributed by atoms with E-state index in [9.17, 15) is 4.79 Å². The molecule has 4 rings (SSSR count). The summed E-state index contributed by atoms with van der Waals surface area (Å²) in [5.74, 6) is 0.576. The van der Waals surface area contributed by atoms with Gasteiger partial charge in [0.05, 0.1) is 16.4 Å². The number of aromatic nitrogens is 4. The molecule has 2 aromatic carbocycles. The lowest BCUT2D eigenvalue weighted by molar-refractivity contribution is -0.116. The Kier molecular flexibility index (Phi) is 5.29. The standard InChI is InChI=1S/C20H19N5O2S/c1-2-14-7-9-16(10-8-14)27-13-15-11-25(24-23-15)12-19(26)22-20-21-17-5-3-4-6-18(17)28-20/h3-11H,2,12-13H2,1H3,(H,21,22,26). The number of carbonyl (C=O) groups excluding carboxylic acids is 1. The first kappa shape index (κ1) is 18.1. The molecule has 0 saturated carbocycles. The number of carbonyl (C=O) groups is 1. The third kappa shape index (κ3) is 4.34. The number of aryl methyl sites for hydroxylation is 1. The maximum atomic E-state index is 12.2. The largest absolute Gasteiger partial charge is 0.487 e. The highest BCUT2D eigenvalue weighted by molar-refractivity contribution is 7.22. The highest BCUT2D eigenvalue weighted by Crippen LogP contribution is 2.25. The third-order valence-corrected chi connectivity index (χ3v) is 5.10. The molecule has 2 aromatic heterocycles. The van der Waals surface area contributed by atoms with Gasteiger partial charge in [0.15, 0.2) is 5.13 Å². The fourth-order valence-corrected chi connectivity index (χ4v) is 3.57. The van der Waals surface area contributed by atoms with Crippen molar-refractivity contribution in [3.05, 3.63) is 66.0 Å². The van der Waals surface area contributed by atoms with Gasteiger partial charge in [0.2, 0.25) is 5.91 Å². The first-order chi connectivity index (χ1) is 13.7. The van der Waals surface area contributed by atoms with Crippen LogP contribution in [0.5, 0.6) is 5.75 Å². The molecule has 142 valence electrons. The normalized spacial score (nSPS) is 10.9. The van der Waals surface area contributed by atoms with Crippen LogP contribution in [0, 0.1) is 0 Å². The molecule has 28 heavy (non-hydrogen) atoms. The quantitative estimate of drug-likeness (QED) is 0.518. The van der Waals surface area contributed by atoms with Crippen LogP contribution in [0.2, 0.25) is 0 Å². The van der Waals surface area contributed by atoms with E-state index in [4.69, 9.17) is 4.74 Å². The first-order valence-corrected chi connectivity index (χ1v) is 9.77. The van der Waals surface area contributed by atoms with Gasteiger partial charge in [0, 0.05) is 0 Å². The Labute approximate surface area is 166 Å². The van der Waals surface area contributed by atoms with Crippen LogP contribution in [0.25, 0.3) is 10.2 Å². The molecule has 0 aliphatic carbocycles. The van der Waals surface area contributed by atoms with E-state index < -0.39 is 0 Å². The van der Waals surface area contributed by atoms with Crippen LogP contribution in [0.1, 0.15) is 18.2 Å².